The van der Waals surface area contributed by atoms with Gasteiger partial charge in [-0.3, -0.25) is 0 Å². The first kappa shape index (κ1) is 10.1. The molecule has 0 aromatic carbocycles. The number of ether oxygens (including phenoxy) is 2. The molecule has 7 heteroatoms. The van der Waals surface area contributed by atoms with Crippen molar-refractivity contribution in [1.82, 2.24) is 0 Å². The van der Waals surface area contributed by atoms with E-state index in [4.69, 9.17) is 0 Å². The van der Waals surface area contributed by atoms with Gasteiger partial charge in [-0.05, 0) is 6.92 Å². The molecule has 0 N–H and O–H groups in total. The van der Waals surface area contributed by atoms with E-state index in [2.05, 4.69) is 9.47 Å². The van der Waals surface area contributed by atoms with Crippen molar-refractivity contribution in [2.24, 2.45) is 0 Å². The van der Waals surface area contributed by atoms with Crippen molar-refractivity contribution in [3.8, 4) is 0 Å². The predicted octanol–water partition coefficient (Wildman–Crippen LogP) is 2.16. The monoisotopic (exact) mass is 202 g/mol. The minimum atomic E-state index is -4.60. The minimum Gasteiger partial charge on any atom is -0.421 e. The SMILES string of the molecule is CC1(CC(F)(F)F)OC(=O)OC1F. The highest BCUT2D eigenvalue weighted by molar-refractivity contribution is 5.63. The molecule has 13 heavy (non-hydrogen) atoms. The fraction of sp³-hybridized carbons (Fsp3) is 0.833. The van der Waals surface area contributed by atoms with Crippen molar-refractivity contribution in [2.45, 2.75) is 31.5 Å². The second-order valence-electron chi connectivity index (χ2n) is 2.89. The summed E-state index contributed by atoms with van der Waals surface area (Å²) in [6.07, 6.45) is -9.96. The van der Waals surface area contributed by atoms with E-state index in [1.807, 2.05) is 0 Å². The quantitative estimate of drug-likeness (QED) is 0.482. The summed E-state index contributed by atoms with van der Waals surface area (Å²) in [5, 5.41) is 0. The second kappa shape index (κ2) is 2.74. The number of rotatable bonds is 1. The molecule has 2 atom stereocenters. The third kappa shape index (κ3) is 2.22. The Balaban J connectivity index is 2.71. The number of hydrogen-bond acceptors (Lipinski definition) is 3. The van der Waals surface area contributed by atoms with Gasteiger partial charge in [0.05, 0.1) is 6.42 Å². The lowest BCUT2D eigenvalue weighted by molar-refractivity contribution is -0.182. The molecule has 0 aliphatic carbocycles. The average Bonchev–Trinajstić information content (AvgIpc) is 2.00. The summed E-state index contributed by atoms with van der Waals surface area (Å²) in [6, 6.07) is 0. The van der Waals surface area contributed by atoms with E-state index in [-0.39, 0.29) is 0 Å². The van der Waals surface area contributed by atoms with Gasteiger partial charge in [0.25, 0.3) is 6.36 Å². The summed E-state index contributed by atoms with van der Waals surface area (Å²) in [5.74, 6) is 0. The van der Waals surface area contributed by atoms with Crippen LogP contribution in [0.4, 0.5) is 22.4 Å². The molecule has 1 heterocycles. The predicted molar refractivity (Wildman–Crippen MR) is 31.5 cm³/mol. The van der Waals surface area contributed by atoms with Crippen molar-refractivity contribution in [2.75, 3.05) is 0 Å². The molecule has 1 saturated heterocycles. The molecule has 0 radical (unpaired) electrons. The zero-order valence-electron chi connectivity index (χ0n) is 6.52. The van der Waals surface area contributed by atoms with E-state index >= 15 is 0 Å². The van der Waals surface area contributed by atoms with Gasteiger partial charge in [0, 0.05) is 0 Å². The fourth-order valence-electron chi connectivity index (χ4n) is 0.984. The molecule has 1 fully saturated rings. The third-order valence-corrected chi connectivity index (χ3v) is 1.55. The molecule has 3 nitrogen and oxygen atoms in total. The Bertz CT molecular complexity index is 226. The van der Waals surface area contributed by atoms with Gasteiger partial charge < -0.3 is 9.47 Å². The van der Waals surface area contributed by atoms with Crippen LogP contribution in [0.5, 0.6) is 0 Å². The van der Waals surface area contributed by atoms with E-state index in [9.17, 15) is 22.4 Å². The molecule has 1 aliphatic rings. The van der Waals surface area contributed by atoms with Gasteiger partial charge >= 0.3 is 12.3 Å². The van der Waals surface area contributed by atoms with Crippen molar-refractivity contribution < 1.29 is 31.8 Å². The van der Waals surface area contributed by atoms with Crippen LogP contribution in [-0.4, -0.2) is 24.3 Å². The van der Waals surface area contributed by atoms with E-state index in [0.717, 1.165) is 6.92 Å². The van der Waals surface area contributed by atoms with Gasteiger partial charge in [0.2, 0.25) is 0 Å². The first-order valence-corrected chi connectivity index (χ1v) is 3.33. The highest BCUT2D eigenvalue weighted by Crippen LogP contribution is 2.37. The van der Waals surface area contributed by atoms with E-state index < -0.39 is 30.7 Å². The molecule has 2 unspecified atom stereocenters. The second-order valence-corrected chi connectivity index (χ2v) is 2.89. The lowest BCUT2D eigenvalue weighted by atomic mass is 10.0. The summed E-state index contributed by atoms with van der Waals surface area (Å²) >= 11 is 0. The number of cyclic esters (lactones) is 2. The van der Waals surface area contributed by atoms with E-state index in [1.165, 1.54) is 0 Å². The van der Waals surface area contributed by atoms with Crippen LogP contribution in [0.15, 0.2) is 0 Å². The molecule has 0 saturated carbocycles. The number of alkyl halides is 4. The van der Waals surface area contributed by atoms with Gasteiger partial charge in [0.1, 0.15) is 0 Å². The van der Waals surface area contributed by atoms with Gasteiger partial charge in [0.15, 0.2) is 5.60 Å². The van der Waals surface area contributed by atoms with Crippen LogP contribution in [-0.2, 0) is 9.47 Å². The van der Waals surface area contributed by atoms with Gasteiger partial charge in [-0.2, -0.15) is 17.6 Å². The molecule has 0 aromatic heterocycles. The topological polar surface area (TPSA) is 35.5 Å². The maximum atomic E-state index is 12.7. The van der Waals surface area contributed by atoms with Crippen LogP contribution < -0.4 is 0 Å². The summed E-state index contributed by atoms with van der Waals surface area (Å²) in [4.78, 5) is 10.3. The number of halogens is 4. The Morgan fingerprint density at radius 3 is 2.38 bits per heavy atom. The van der Waals surface area contributed by atoms with Crippen LogP contribution in [0.3, 0.4) is 0 Å². The Morgan fingerprint density at radius 2 is 2.08 bits per heavy atom. The van der Waals surface area contributed by atoms with Crippen molar-refractivity contribution in [3.05, 3.63) is 0 Å². The van der Waals surface area contributed by atoms with Crippen LogP contribution in [0, 0.1) is 0 Å². The van der Waals surface area contributed by atoms with Gasteiger partial charge in [-0.1, -0.05) is 0 Å². The molecular weight excluding hydrogens is 196 g/mol. The standard InChI is InChI=1S/C6H6F4O3/c1-5(2-6(8,9)10)3(7)12-4(11)13-5/h3H,2H2,1H3. The number of hydrogen-bond donors (Lipinski definition) is 0. The fourth-order valence-corrected chi connectivity index (χ4v) is 0.984. The molecule has 1 aliphatic heterocycles. The Morgan fingerprint density at radius 1 is 1.54 bits per heavy atom. The largest absolute Gasteiger partial charge is 0.511 e. The molecule has 1 rings (SSSR count). The maximum absolute atomic E-state index is 12.7. The van der Waals surface area contributed by atoms with Crippen molar-refractivity contribution in [1.29, 1.82) is 0 Å². The zero-order valence-corrected chi connectivity index (χ0v) is 6.52. The first-order valence-electron chi connectivity index (χ1n) is 3.33. The van der Waals surface area contributed by atoms with Crippen LogP contribution in [0.25, 0.3) is 0 Å². The zero-order chi connectivity index (χ0) is 10.3. The molecule has 0 aromatic rings. The molecule has 0 bridgehead atoms. The van der Waals surface area contributed by atoms with E-state index in [0.29, 0.717) is 0 Å². The van der Waals surface area contributed by atoms with Crippen molar-refractivity contribution in [3.63, 3.8) is 0 Å². The van der Waals surface area contributed by atoms with Crippen molar-refractivity contribution >= 4 is 6.16 Å². The minimum absolute atomic E-state index is 0.829. The average molecular weight is 202 g/mol. The smallest absolute Gasteiger partial charge is 0.421 e. The Labute approximate surface area is 70.6 Å². The third-order valence-electron chi connectivity index (χ3n) is 1.55. The summed E-state index contributed by atoms with van der Waals surface area (Å²) in [6.45, 7) is 0.829. The highest BCUT2D eigenvalue weighted by atomic mass is 19.4. The van der Waals surface area contributed by atoms with Crippen LogP contribution in [0.2, 0.25) is 0 Å². The normalized spacial score (nSPS) is 34.2. The Kier molecular flexibility index (Phi) is 2.13. The lowest BCUT2D eigenvalue weighted by Crippen LogP contribution is -2.38. The lowest BCUT2D eigenvalue weighted by Gasteiger charge is -2.22. The van der Waals surface area contributed by atoms with Gasteiger partial charge in [-0.15, -0.1) is 0 Å². The maximum Gasteiger partial charge on any atom is 0.511 e. The number of carbonyl (C=O) groups excluding carboxylic acids is 1. The summed E-state index contributed by atoms with van der Waals surface area (Å²) < 4.78 is 56.1. The van der Waals surface area contributed by atoms with Crippen LogP contribution in [0.1, 0.15) is 13.3 Å². The highest BCUT2D eigenvalue weighted by Gasteiger charge is 2.54. The van der Waals surface area contributed by atoms with Gasteiger partial charge in [-0.25, -0.2) is 4.79 Å². The van der Waals surface area contributed by atoms with E-state index in [1.54, 1.807) is 0 Å². The van der Waals surface area contributed by atoms with Crippen LogP contribution >= 0.6 is 0 Å². The molecule has 76 valence electrons. The summed E-state index contributed by atoms with van der Waals surface area (Å²) in [7, 11) is 0. The first-order chi connectivity index (χ1) is 5.73. The number of carbonyl (C=O) groups is 1. The summed E-state index contributed by atoms with van der Waals surface area (Å²) in [5.41, 5.74) is -2.25. The Hall–Kier alpha value is -1.01. The molecule has 0 spiro atoms. The molecular formula is C6H6F4O3. The molecule has 0 amide bonds.